The van der Waals surface area contributed by atoms with Crippen LogP contribution in [0.25, 0.3) is 0 Å². The molecule has 1 aliphatic carbocycles. The van der Waals surface area contributed by atoms with Crippen LogP contribution in [0, 0.1) is 17.2 Å². The summed E-state index contributed by atoms with van der Waals surface area (Å²) in [6.45, 7) is 2.42. The van der Waals surface area contributed by atoms with E-state index < -0.39 is 5.41 Å². The summed E-state index contributed by atoms with van der Waals surface area (Å²) in [5, 5.41) is 0. The summed E-state index contributed by atoms with van der Waals surface area (Å²) in [6.07, 6.45) is 4.72. The maximum Gasteiger partial charge on any atom is 0.231 e. The Morgan fingerprint density at radius 1 is 1.25 bits per heavy atom. The number of rotatable bonds is 3. The van der Waals surface area contributed by atoms with Gasteiger partial charge in [-0.15, -0.1) is 0 Å². The molecule has 3 aliphatic rings. The Kier molecular flexibility index (Phi) is 3.82. The lowest BCUT2D eigenvalue weighted by Crippen LogP contribution is -2.41. The highest BCUT2D eigenvalue weighted by molar-refractivity contribution is 5.87. The Bertz CT molecular complexity index is 673. The molecule has 1 atom stereocenters. The minimum Gasteiger partial charge on any atom is -0.341 e. The van der Waals surface area contributed by atoms with Gasteiger partial charge in [-0.3, -0.25) is 9.59 Å². The van der Waals surface area contributed by atoms with Gasteiger partial charge >= 0.3 is 0 Å². The first-order chi connectivity index (χ1) is 11.6. The molecule has 1 spiro atoms. The molecule has 128 valence electrons. The molecule has 2 aliphatic heterocycles. The van der Waals surface area contributed by atoms with Crippen LogP contribution in [-0.2, 0) is 16.1 Å². The van der Waals surface area contributed by atoms with Crippen LogP contribution in [0.4, 0.5) is 4.39 Å². The van der Waals surface area contributed by atoms with E-state index in [1.165, 1.54) is 12.1 Å². The summed E-state index contributed by atoms with van der Waals surface area (Å²) in [4.78, 5) is 29.1. The quantitative estimate of drug-likeness (QED) is 0.855. The van der Waals surface area contributed by atoms with E-state index in [1.807, 2.05) is 15.9 Å². The third-order valence-corrected chi connectivity index (χ3v) is 5.98. The molecular formula is C19H23FN2O2. The molecule has 3 fully saturated rings. The van der Waals surface area contributed by atoms with Gasteiger partial charge in [0.05, 0.1) is 5.41 Å². The average molecular weight is 330 g/mol. The zero-order chi connectivity index (χ0) is 16.7. The van der Waals surface area contributed by atoms with Gasteiger partial charge in [0.1, 0.15) is 5.82 Å². The first-order valence-electron chi connectivity index (χ1n) is 8.90. The van der Waals surface area contributed by atoms with Crippen molar-refractivity contribution in [3.05, 3.63) is 35.6 Å². The van der Waals surface area contributed by atoms with Gasteiger partial charge in [0, 0.05) is 32.1 Å². The van der Waals surface area contributed by atoms with Gasteiger partial charge in [-0.2, -0.15) is 0 Å². The Labute approximate surface area is 141 Å². The predicted molar refractivity (Wildman–Crippen MR) is 87.4 cm³/mol. The molecule has 0 unspecified atom stereocenters. The molecule has 24 heavy (non-hydrogen) atoms. The smallest absolute Gasteiger partial charge is 0.231 e. The van der Waals surface area contributed by atoms with Crippen molar-refractivity contribution in [3.8, 4) is 0 Å². The summed E-state index contributed by atoms with van der Waals surface area (Å²) < 4.78 is 13.3. The number of amides is 2. The number of carbonyl (C=O) groups is 2. The molecule has 0 N–H and O–H groups in total. The molecule has 1 aromatic rings. The van der Waals surface area contributed by atoms with E-state index in [4.69, 9.17) is 0 Å². The lowest BCUT2D eigenvalue weighted by atomic mass is 9.83. The lowest BCUT2D eigenvalue weighted by Gasteiger charge is -2.30. The zero-order valence-corrected chi connectivity index (χ0v) is 13.8. The largest absolute Gasteiger partial charge is 0.341 e. The zero-order valence-electron chi connectivity index (χ0n) is 13.8. The molecule has 2 amide bonds. The highest BCUT2D eigenvalue weighted by Crippen LogP contribution is 2.42. The number of halogens is 1. The van der Waals surface area contributed by atoms with Gasteiger partial charge < -0.3 is 9.80 Å². The topological polar surface area (TPSA) is 40.6 Å². The second-order valence-corrected chi connectivity index (χ2v) is 7.52. The molecular weight excluding hydrogens is 307 g/mol. The van der Waals surface area contributed by atoms with E-state index in [0.717, 1.165) is 37.7 Å². The second-order valence-electron chi connectivity index (χ2n) is 7.52. The number of hydrogen-bond acceptors (Lipinski definition) is 2. The van der Waals surface area contributed by atoms with Crippen LogP contribution in [0.1, 0.15) is 37.7 Å². The van der Waals surface area contributed by atoms with E-state index in [0.29, 0.717) is 26.2 Å². The summed E-state index contributed by atoms with van der Waals surface area (Å²) in [5.74, 6) is 0.303. The minimum absolute atomic E-state index is 0.135. The van der Waals surface area contributed by atoms with Crippen molar-refractivity contribution >= 4 is 11.8 Å². The third kappa shape index (κ3) is 2.60. The maximum atomic E-state index is 13.3. The standard InChI is InChI=1S/C19H23FN2O2/c20-16-6-1-3-14(11-16)12-21-9-7-19(18(21)24)8-10-22(13-19)17(23)15-4-2-5-15/h1,3,6,11,15H,2,4-5,7-10,12-13H2/t19-/m1/s1. The van der Waals surface area contributed by atoms with Gasteiger partial charge in [-0.25, -0.2) is 4.39 Å². The van der Waals surface area contributed by atoms with E-state index in [2.05, 4.69) is 0 Å². The molecule has 0 radical (unpaired) electrons. The van der Waals surface area contributed by atoms with Gasteiger partial charge in [0.2, 0.25) is 11.8 Å². The summed E-state index contributed by atoms with van der Waals surface area (Å²) >= 11 is 0. The Hall–Kier alpha value is -1.91. The van der Waals surface area contributed by atoms with Crippen LogP contribution in [0.5, 0.6) is 0 Å². The summed E-state index contributed by atoms with van der Waals surface area (Å²) in [7, 11) is 0. The van der Waals surface area contributed by atoms with Crippen molar-refractivity contribution < 1.29 is 14.0 Å². The van der Waals surface area contributed by atoms with E-state index in [1.54, 1.807) is 6.07 Å². The van der Waals surface area contributed by atoms with Crippen LogP contribution in [-0.4, -0.2) is 41.2 Å². The van der Waals surface area contributed by atoms with Gasteiger partial charge in [0.25, 0.3) is 0 Å². The number of benzene rings is 1. The second kappa shape index (κ2) is 5.87. The van der Waals surface area contributed by atoms with Crippen molar-refractivity contribution in [1.29, 1.82) is 0 Å². The minimum atomic E-state index is -0.396. The predicted octanol–water partition coefficient (Wildman–Crippen LogP) is 2.58. The first-order valence-corrected chi connectivity index (χ1v) is 8.90. The maximum absolute atomic E-state index is 13.3. The SMILES string of the molecule is O=C(C1CCC1)N1CC[C@]2(CCN(Cc3cccc(F)c3)C2=O)C1. The Morgan fingerprint density at radius 3 is 2.75 bits per heavy atom. The molecule has 4 rings (SSSR count). The highest BCUT2D eigenvalue weighted by atomic mass is 19.1. The van der Waals surface area contributed by atoms with Crippen LogP contribution in [0.3, 0.4) is 0 Å². The molecule has 1 saturated carbocycles. The van der Waals surface area contributed by atoms with Gasteiger partial charge in [0.15, 0.2) is 0 Å². The van der Waals surface area contributed by atoms with E-state index in [-0.39, 0.29) is 23.5 Å². The van der Waals surface area contributed by atoms with Crippen molar-refractivity contribution in [2.45, 2.75) is 38.6 Å². The molecule has 0 bridgehead atoms. The molecule has 2 heterocycles. The Balaban J connectivity index is 1.42. The molecule has 0 aromatic heterocycles. The fraction of sp³-hybridized carbons (Fsp3) is 0.579. The van der Waals surface area contributed by atoms with Crippen molar-refractivity contribution in [2.24, 2.45) is 11.3 Å². The normalized spacial score (nSPS) is 27.1. The van der Waals surface area contributed by atoms with Gasteiger partial charge in [-0.05, 0) is 43.4 Å². The molecule has 4 nitrogen and oxygen atoms in total. The van der Waals surface area contributed by atoms with E-state index in [9.17, 15) is 14.0 Å². The fourth-order valence-corrected chi connectivity index (χ4v) is 4.25. The Morgan fingerprint density at radius 2 is 2.04 bits per heavy atom. The lowest BCUT2D eigenvalue weighted by molar-refractivity contribution is -0.139. The summed E-state index contributed by atoms with van der Waals surface area (Å²) in [5.41, 5.74) is 0.424. The molecule has 1 aromatic carbocycles. The van der Waals surface area contributed by atoms with Crippen LogP contribution < -0.4 is 0 Å². The molecule has 2 saturated heterocycles. The fourth-order valence-electron chi connectivity index (χ4n) is 4.25. The number of likely N-dealkylation sites (tertiary alicyclic amines) is 2. The number of nitrogens with zero attached hydrogens (tertiary/aromatic N) is 2. The number of hydrogen-bond donors (Lipinski definition) is 0. The number of carbonyl (C=O) groups excluding carboxylic acids is 2. The van der Waals surface area contributed by atoms with Crippen molar-refractivity contribution in [2.75, 3.05) is 19.6 Å². The molecule has 5 heteroatoms. The third-order valence-electron chi connectivity index (χ3n) is 5.98. The van der Waals surface area contributed by atoms with Crippen LogP contribution in [0.2, 0.25) is 0 Å². The summed E-state index contributed by atoms with van der Waals surface area (Å²) in [6, 6.07) is 6.43. The monoisotopic (exact) mass is 330 g/mol. The van der Waals surface area contributed by atoms with Crippen LogP contribution in [0.15, 0.2) is 24.3 Å². The van der Waals surface area contributed by atoms with Crippen molar-refractivity contribution in [1.82, 2.24) is 9.80 Å². The highest BCUT2D eigenvalue weighted by Gasteiger charge is 2.52. The van der Waals surface area contributed by atoms with Crippen molar-refractivity contribution in [3.63, 3.8) is 0 Å². The van der Waals surface area contributed by atoms with E-state index >= 15 is 0 Å². The van der Waals surface area contributed by atoms with Crippen LogP contribution >= 0.6 is 0 Å². The first kappa shape index (κ1) is 15.6. The average Bonchev–Trinajstić information content (AvgIpc) is 3.06. The van der Waals surface area contributed by atoms with Gasteiger partial charge in [-0.1, -0.05) is 18.6 Å².